The van der Waals surface area contributed by atoms with Crippen LogP contribution < -0.4 is 9.47 Å². The predicted octanol–water partition coefficient (Wildman–Crippen LogP) is 6.04. The lowest BCUT2D eigenvalue weighted by Gasteiger charge is -2.16. The van der Waals surface area contributed by atoms with Gasteiger partial charge in [-0.15, -0.1) is 0 Å². The van der Waals surface area contributed by atoms with Crippen LogP contribution in [0, 0.1) is 5.41 Å². The number of aliphatic carboxylic acids is 1. The van der Waals surface area contributed by atoms with Crippen molar-refractivity contribution in [3.8, 4) is 11.5 Å². The zero-order chi connectivity index (χ0) is 27.5. The van der Waals surface area contributed by atoms with Crippen LogP contribution in [0.15, 0.2) is 83.7 Å². The molecular weight excluding hydrogens is 484 g/mol. The van der Waals surface area contributed by atoms with Gasteiger partial charge in [0.25, 0.3) is 0 Å². The summed E-state index contributed by atoms with van der Waals surface area (Å²) in [6.07, 6.45) is 0.220. The highest BCUT2D eigenvalue weighted by Crippen LogP contribution is 2.29. The maximum Gasteiger partial charge on any atom is 0.303 e. The van der Waals surface area contributed by atoms with Crippen LogP contribution in [0.5, 0.6) is 11.5 Å². The van der Waals surface area contributed by atoms with Crippen molar-refractivity contribution in [3.63, 3.8) is 0 Å². The number of nitrogens with one attached hydrogen (secondary N) is 1. The number of rotatable bonds is 13. The molecule has 0 amide bonds. The Morgan fingerprint density at radius 1 is 0.921 bits per heavy atom. The number of carboxylic acids is 1. The highest BCUT2D eigenvalue weighted by atomic mass is 16.6. The van der Waals surface area contributed by atoms with Crippen molar-refractivity contribution >= 4 is 23.0 Å². The first-order chi connectivity index (χ1) is 18.3. The largest absolute Gasteiger partial charge is 0.512 e. The average Bonchev–Trinajstić information content (AvgIpc) is 2.90. The molecule has 0 heterocycles. The van der Waals surface area contributed by atoms with E-state index in [0.717, 1.165) is 16.7 Å². The molecular formula is C30H32N2O6. The molecule has 8 nitrogen and oxygen atoms in total. The number of aliphatic hydroxyl groups is 1. The lowest BCUT2D eigenvalue weighted by atomic mass is 9.93. The van der Waals surface area contributed by atoms with E-state index in [1.54, 1.807) is 25.1 Å². The minimum atomic E-state index is -0.913. The van der Waals surface area contributed by atoms with E-state index in [0.29, 0.717) is 28.3 Å². The highest BCUT2D eigenvalue weighted by molar-refractivity contribution is 6.22. The van der Waals surface area contributed by atoms with Crippen molar-refractivity contribution in [2.45, 2.75) is 33.3 Å². The summed E-state index contributed by atoms with van der Waals surface area (Å²) in [5.74, 6) is 0.299. The van der Waals surface area contributed by atoms with Gasteiger partial charge < -0.3 is 29.9 Å². The Morgan fingerprint density at radius 2 is 1.61 bits per heavy atom. The van der Waals surface area contributed by atoms with Crippen LogP contribution in [0.2, 0.25) is 0 Å². The molecule has 3 aromatic carbocycles. The maximum absolute atomic E-state index is 11.1. The first kappa shape index (κ1) is 28.0. The number of aliphatic hydroxyl groups excluding tert-OH is 1. The molecule has 0 aromatic heterocycles. The van der Waals surface area contributed by atoms with Gasteiger partial charge in [-0.25, -0.2) is 0 Å². The molecule has 0 atom stereocenters. The molecule has 0 bridgehead atoms. The van der Waals surface area contributed by atoms with Crippen LogP contribution in [0.1, 0.15) is 42.5 Å². The molecule has 0 saturated carbocycles. The van der Waals surface area contributed by atoms with E-state index in [1.165, 1.54) is 14.0 Å². The fourth-order valence-electron chi connectivity index (χ4n) is 3.91. The molecule has 0 aliphatic heterocycles. The van der Waals surface area contributed by atoms with E-state index in [2.05, 4.69) is 5.16 Å². The Labute approximate surface area is 222 Å². The van der Waals surface area contributed by atoms with Crippen LogP contribution in [0.4, 0.5) is 0 Å². The third-order valence-electron chi connectivity index (χ3n) is 5.71. The van der Waals surface area contributed by atoms with Crippen LogP contribution in [0.25, 0.3) is 5.57 Å². The summed E-state index contributed by atoms with van der Waals surface area (Å²) in [7, 11) is 1.50. The van der Waals surface area contributed by atoms with Crippen molar-refractivity contribution in [2.24, 2.45) is 5.16 Å². The van der Waals surface area contributed by atoms with Gasteiger partial charge in [0.1, 0.15) is 37.5 Å². The molecule has 0 radical (unpaired) electrons. The zero-order valence-electron chi connectivity index (χ0n) is 21.7. The monoisotopic (exact) mass is 516 g/mol. The summed E-state index contributed by atoms with van der Waals surface area (Å²) in [6.45, 7) is 3.62. The Hall–Kier alpha value is -4.59. The van der Waals surface area contributed by atoms with E-state index in [4.69, 9.17) is 24.8 Å². The first-order valence-corrected chi connectivity index (χ1v) is 12.1. The number of ether oxygens (including phenoxy) is 2. The normalized spacial score (nSPS) is 11.9. The maximum atomic E-state index is 11.1. The van der Waals surface area contributed by atoms with Gasteiger partial charge >= 0.3 is 5.97 Å². The topological polar surface area (TPSA) is 121 Å². The number of allylic oxidation sites excluding steroid dienone is 2. The molecule has 198 valence electrons. The van der Waals surface area contributed by atoms with Crippen LogP contribution >= 0.6 is 0 Å². The van der Waals surface area contributed by atoms with Crippen molar-refractivity contribution in [1.82, 2.24) is 0 Å². The number of aryl methyl sites for hydroxylation is 1. The molecule has 3 rings (SSSR count). The van der Waals surface area contributed by atoms with Gasteiger partial charge in [0.05, 0.1) is 5.76 Å². The second-order valence-electron chi connectivity index (χ2n) is 8.61. The molecule has 0 aliphatic rings. The quantitative estimate of drug-likeness (QED) is 0.145. The van der Waals surface area contributed by atoms with Gasteiger partial charge in [-0.3, -0.25) is 4.79 Å². The molecule has 0 spiro atoms. The molecule has 0 saturated heterocycles. The van der Waals surface area contributed by atoms with Crippen molar-refractivity contribution in [3.05, 3.63) is 101 Å². The smallest absolute Gasteiger partial charge is 0.303 e. The Bertz CT molecular complexity index is 1310. The van der Waals surface area contributed by atoms with Crippen molar-refractivity contribution in [2.75, 3.05) is 13.7 Å². The molecule has 0 unspecified atom stereocenters. The predicted molar refractivity (Wildman–Crippen MR) is 147 cm³/mol. The molecule has 0 fully saturated rings. The minimum absolute atomic E-state index is 0.00669. The zero-order valence-corrected chi connectivity index (χ0v) is 21.7. The van der Waals surface area contributed by atoms with E-state index in [1.807, 2.05) is 54.6 Å². The average molecular weight is 517 g/mol. The second kappa shape index (κ2) is 13.6. The van der Waals surface area contributed by atoms with Gasteiger partial charge in [0, 0.05) is 23.3 Å². The summed E-state index contributed by atoms with van der Waals surface area (Å²) < 4.78 is 11.9. The lowest BCUT2D eigenvalue weighted by molar-refractivity contribution is -0.136. The SMILES string of the molecule is CO/N=C(\COc1ccc(COc2ccc(CCC(=O)O)c(/C(C(C)=N)=C(\C)O)c2)cc1)c1ccccc1. The second-order valence-corrected chi connectivity index (χ2v) is 8.61. The fraction of sp³-hybridized carbons (Fsp3) is 0.233. The Morgan fingerprint density at radius 3 is 2.21 bits per heavy atom. The van der Waals surface area contributed by atoms with Crippen molar-refractivity contribution in [1.29, 1.82) is 5.41 Å². The number of hydrogen-bond acceptors (Lipinski definition) is 7. The third-order valence-corrected chi connectivity index (χ3v) is 5.71. The number of hydrogen-bond donors (Lipinski definition) is 3. The number of nitrogens with zero attached hydrogens (tertiary/aromatic N) is 1. The third kappa shape index (κ3) is 7.96. The van der Waals surface area contributed by atoms with Gasteiger partial charge in [-0.1, -0.05) is 53.7 Å². The number of oxime groups is 1. The number of carbonyl (C=O) groups is 1. The van der Waals surface area contributed by atoms with Crippen LogP contribution in [-0.2, 0) is 22.7 Å². The van der Waals surface area contributed by atoms with Gasteiger partial charge in [-0.2, -0.15) is 0 Å². The van der Waals surface area contributed by atoms with E-state index >= 15 is 0 Å². The first-order valence-electron chi connectivity index (χ1n) is 12.1. The van der Waals surface area contributed by atoms with Crippen LogP contribution in [-0.4, -0.2) is 41.3 Å². The van der Waals surface area contributed by atoms with Crippen molar-refractivity contribution < 1.29 is 29.3 Å². The Balaban J connectivity index is 1.69. The highest BCUT2D eigenvalue weighted by Gasteiger charge is 2.16. The molecule has 0 aliphatic carbocycles. The number of carboxylic acid groups (broad SMARTS) is 1. The summed E-state index contributed by atoms with van der Waals surface area (Å²) in [5, 5.41) is 31.4. The summed E-state index contributed by atoms with van der Waals surface area (Å²) in [5.41, 5.74) is 4.37. The standard InChI is InChI=1S/C30H32N2O6/c1-20(31)30(21(2)33)27-17-26(15-11-23(27)12-16-29(34)35)37-18-22-9-13-25(14-10-22)38-19-28(32-36-3)24-7-5-4-6-8-24/h4-11,13-15,17,31,33H,12,16,18-19H2,1-3H3,(H,34,35)/b30-21+,31-20?,32-28+. The van der Waals surface area contributed by atoms with Gasteiger partial charge in [-0.05, 0) is 61.2 Å². The van der Waals surface area contributed by atoms with E-state index < -0.39 is 5.97 Å². The summed E-state index contributed by atoms with van der Waals surface area (Å²) in [4.78, 5) is 16.0. The lowest BCUT2D eigenvalue weighted by Crippen LogP contribution is -2.13. The summed E-state index contributed by atoms with van der Waals surface area (Å²) >= 11 is 0. The van der Waals surface area contributed by atoms with E-state index in [-0.39, 0.29) is 37.5 Å². The Kier molecular flexibility index (Phi) is 10.0. The van der Waals surface area contributed by atoms with Gasteiger partial charge in [0.2, 0.25) is 0 Å². The molecule has 3 N–H and O–H groups in total. The number of benzene rings is 3. The fourth-order valence-corrected chi connectivity index (χ4v) is 3.91. The molecule has 8 heteroatoms. The van der Waals surface area contributed by atoms with Gasteiger partial charge in [0.15, 0.2) is 0 Å². The molecule has 3 aromatic rings. The minimum Gasteiger partial charge on any atom is -0.512 e. The molecule has 38 heavy (non-hydrogen) atoms. The van der Waals surface area contributed by atoms with E-state index in [9.17, 15) is 9.90 Å². The van der Waals surface area contributed by atoms with Crippen LogP contribution in [0.3, 0.4) is 0 Å². The summed E-state index contributed by atoms with van der Waals surface area (Å²) in [6, 6.07) is 22.5.